The Morgan fingerprint density at radius 1 is 1.44 bits per heavy atom. The maximum Gasteiger partial charge on any atom is 0.340 e. The number of aliphatic hydroxyl groups is 2. The van der Waals surface area contributed by atoms with Crippen LogP contribution in [0.5, 0.6) is 0 Å². The first kappa shape index (κ1) is 12.4. The van der Waals surface area contributed by atoms with Crippen LogP contribution in [-0.4, -0.2) is 44.6 Å². The van der Waals surface area contributed by atoms with E-state index < -0.39 is 30.1 Å². The summed E-state index contributed by atoms with van der Waals surface area (Å²) in [5.41, 5.74) is -2.34. The van der Waals surface area contributed by atoms with Crippen LogP contribution in [0.15, 0.2) is 23.3 Å². The summed E-state index contributed by atoms with van der Waals surface area (Å²) in [6.45, 7) is 0.718. The smallest absolute Gasteiger partial charge is 0.340 e. The van der Waals surface area contributed by atoms with E-state index >= 15 is 0 Å². The lowest BCUT2D eigenvalue weighted by atomic mass is 9.76. The van der Waals surface area contributed by atoms with Gasteiger partial charge in [-0.3, -0.25) is 0 Å². The molecule has 0 aliphatic heterocycles. The van der Waals surface area contributed by atoms with Gasteiger partial charge in [-0.1, -0.05) is 6.08 Å². The standard InChI is InChI=1S/C10H12O6/c1-5-2-3-10(16,9(14)15)6(4-11)7(5)8(12)13/h2-3,6,11,16H,4H2,1H3,(H,12,13)(H,14,15). The van der Waals surface area contributed by atoms with Crippen molar-refractivity contribution < 1.29 is 30.0 Å². The summed E-state index contributed by atoms with van der Waals surface area (Å²) in [4.78, 5) is 21.8. The maximum absolute atomic E-state index is 10.9. The van der Waals surface area contributed by atoms with Crippen LogP contribution in [0.1, 0.15) is 6.92 Å². The fourth-order valence-electron chi connectivity index (χ4n) is 1.72. The van der Waals surface area contributed by atoms with E-state index in [0.29, 0.717) is 5.57 Å². The number of hydrogen-bond acceptors (Lipinski definition) is 4. The van der Waals surface area contributed by atoms with E-state index in [9.17, 15) is 14.7 Å². The van der Waals surface area contributed by atoms with E-state index in [1.807, 2.05) is 0 Å². The normalized spacial score (nSPS) is 29.3. The minimum atomic E-state index is -2.37. The molecular formula is C10H12O6. The van der Waals surface area contributed by atoms with E-state index in [1.54, 1.807) is 0 Å². The maximum atomic E-state index is 10.9. The molecule has 0 fully saturated rings. The molecule has 0 amide bonds. The molecule has 0 saturated heterocycles. The van der Waals surface area contributed by atoms with Gasteiger partial charge in [-0.25, -0.2) is 9.59 Å². The van der Waals surface area contributed by atoms with Gasteiger partial charge in [-0.05, 0) is 18.6 Å². The van der Waals surface area contributed by atoms with Gasteiger partial charge in [0, 0.05) is 5.57 Å². The lowest BCUT2D eigenvalue weighted by Crippen LogP contribution is -2.49. The third kappa shape index (κ3) is 1.72. The van der Waals surface area contributed by atoms with Gasteiger partial charge in [0.25, 0.3) is 0 Å². The fourth-order valence-corrected chi connectivity index (χ4v) is 1.72. The second kappa shape index (κ2) is 4.07. The molecule has 0 aromatic rings. The molecular weight excluding hydrogens is 216 g/mol. The van der Waals surface area contributed by atoms with Crippen molar-refractivity contribution in [2.45, 2.75) is 12.5 Å². The van der Waals surface area contributed by atoms with Crippen molar-refractivity contribution in [2.75, 3.05) is 6.61 Å². The third-order valence-corrected chi connectivity index (χ3v) is 2.65. The topological polar surface area (TPSA) is 115 Å². The van der Waals surface area contributed by atoms with Gasteiger partial charge < -0.3 is 20.4 Å². The van der Waals surface area contributed by atoms with Crippen molar-refractivity contribution in [1.29, 1.82) is 0 Å². The molecule has 0 aromatic heterocycles. The van der Waals surface area contributed by atoms with Gasteiger partial charge in [0.15, 0.2) is 5.60 Å². The Balaban J connectivity index is 3.32. The molecule has 2 atom stereocenters. The summed E-state index contributed by atoms with van der Waals surface area (Å²) < 4.78 is 0. The number of carbonyl (C=O) groups is 2. The van der Waals surface area contributed by atoms with Crippen molar-refractivity contribution in [3.63, 3.8) is 0 Å². The van der Waals surface area contributed by atoms with Crippen LogP contribution in [0.2, 0.25) is 0 Å². The number of allylic oxidation sites excluding steroid dienone is 2. The van der Waals surface area contributed by atoms with E-state index in [-0.39, 0.29) is 5.57 Å². The summed E-state index contributed by atoms with van der Waals surface area (Å²) in [5.74, 6) is -4.30. The quantitative estimate of drug-likeness (QED) is 0.511. The molecule has 0 bridgehead atoms. The van der Waals surface area contributed by atoms with Gasteiger partial charge in [-0.2, -0.15) is 0 Å². The summed E-state index contributed by atoms with van der Waals surface area (Å²) >= 11 is 0. The molecule has 6 heteroatoms. The first-order valence-corrected chi connectivity index (χ1v) is 4.54. The van der Waals surface area contributed by atoms with Gasteiger partial charge in [0.05, 0.1) is 12.5 Å². The second-order valence-corrected chi connectivity index (χ2v) is 3.60. The SMILES string of the molecule is CC1=C(C(=O)O)C(CO)C(O)(C(=O)O)C=C1. The third-order valence-electron chi connectivity index (χ3n) is 2.65. The van der Waals surface area contributed by atoms with E-state index in [4.69, 9.17) is 15.3 Å². The number of carboxylic acid groups (broad SMARTS) is 2. The predicted molar refractivity (Wildman–Crippen MR) is 52.6 cm³/mol. The Bertz CT molecular complexity index is 394. The van der Waals surface area contributed by atoms with Gasteiger partial charge in [-0.15, -0.1) is 0 Å². The number of carboxylic acids is 2. The molecule has 1 rings (SSSR count). The molecule has 2 unspecified atom stereocenters. The van der Waals surface area contributed by atoms with Gasteiger partial charge in [0.2, 0.25) is 0 Å². The summed E-state index contributed by atoms with van der Waals surface area (Å²) in [6.07, 6.45) is 2.21. The highest BCUT2D eigenvalue weighted by atomic mass is 16.4. The van der Waals surface area contributed by atoms with Crippen LogP contribution in [0, 0.1) is 5.92 Å². The molecule has 0 saturated carbocycles. The van der Waals surface area contributed by atoms with E-state index in [0.717, 1.165) is 6.08 Å². The zero-order valence-corrected chi connectivity index (χ0v) is 8.54. The van der Waals surface area contributed by atoms with Crippen LogP contribution in [0.4, 0.5) is 0 Å². The lowest BCUT2D eigenvalue weighted by Gasteiger charge is -2.32. The van der Waals surface area contributed by atoms with Crippen molar-refractivity contribution in [3.05, 3.63) is 23.3 Å². The Morgan fingerprint density at radius 2 is 2.00 bits per heavy atom. The molecule has 1 aliphatic carbocycles. The average Bonchev–Trinajstić information content (AvgIpc) is 2.20. The molecule has 0 heterocycles. The van der Waals surface area contributed by atoms with E-state index in [1.165, 1.54) is 13.0 Å². The van der Waals surface area contributed by atoms with Crippen LogP contribution in [0.3, 0.4) is 0 Å². The fraction of sp³-hybridized carbons (Fsp3) is 0.400. The first-order valence-electron chi connectivity index (χ1n) is 4.54. The highest BCUT2D eigenvalue weighted by molar-refractivity contribution is 5.93. The zero-order chi connectivity index (χ0) is 12.5. The molecule has 1 aliphatic rings. The summed E-state index contributed by atoms with van der Waals surface area (Å²) in [7, 11) is 0. The average molecular weight is 228 g/mol. The molecule has 0 radical (unpaired) electrons. The molecule has 0 aromatic carbocycles. The number of hydrogen-bond donors (Lipinski definition) is 4. The minimum Gasteiger partial charge on any atom is -0.479 e. The molecule has 4 N–H and O–H groups in total. The van der Waals surface area contributed by atoms with Crippen molar-refractivity contribution in [1.82, 2.24) is 0 Å². The highest BCUT2D eigenvalue weighted by Crippen LogP contribution is 2.33. The Labute approximate surface area is 91.1 Å². The number of aliphatic hydroxyl groups excluding tert-OH is 1. The van der Waals surface area contributed by atoms with Crippen molar-refractivity contribution in [2.24, 2.45) is 5.92 Å². The lowest BCUT2D eigenvalue weighted by molar-refractivity contribution is -0.159. The summed E-state index contributed by atoms with van der Waals surface area (Å²) in [5, 5.41) is 36.6. The zero-order valence-electron chi connectivity index (χ0n) is 8.54. The van der Waals surface area contributed by atoms with Crippen molar-refractivity contribution in [3.8, 4) is 0 Å². The summed E-state index contributed by atoms with van der Waals surface area (Å²) in [6, 6.07) is 0. The Morgan fingerprint density at radius 3 is 2.38 bits per heavy atom. The predicted octanol–water partition coefficient (Wildman–Crippen LogP) is -0.619. The molecule has 16 heavy (non-hydrogen) atoms. The Hall–Kier alpha value is -1.66. The highest BCUT2D eigenvalue weighted by Gasteiger charge is 2.47. The van der Waals surface area contributed by atoms with Crippen LogP contribution >= 0.6 is 0 Å². The second-order valence-electron chi connectivity index (χ2n) is 3.60. The van der Waals surface area contributed by atoms with Gasteiger partial charge in [0.1, 0.15) is 0 Å². The van der Waals surface area contributed by atoms with E-state index in [2.05, 4.69) is 0 Å². The Kier molecular flexibility index (Phi) is 3.16. The molecule has 0 spiro atoms. The van der Waals surface area contributed by atoms with Gasteiger partial charge >= 0.3 is 11.9 Å². The van der Waals surface area contributed by atoms with Crippen LogP contribution < -0.4 is 0 Å². The largest absolute Gasteiger partial charge is 0.479 e. The van der Waals surface area contributed by atoms with Crippen LogP contribution in [-0.2, 0) is 9.59 Å². The monoisotopic (exact) mass is 228 g/mol. The number of rotatable bonds is 3. The van der Waals surface area contributed by atoms with Crippen molar-refractivity contribution >= 4 is 11.9 Å². The molecule has 6 nitrogen and oxygen atoms in total. The number of aliphatic carboxylic acids is 2. The minimum absolute atomic E-state index is 0.282. The first-order chi connectivity index (χ1) is 7.34. The van der Waals surface area contributed by atoms with Crippen LogP contribution in [0.25, 0.3) is 0 Å². The molecule has 88 valence electrons.